The van der Waals surface area contributed by atoms with Gasteiger partial charge in [-0.1, -0.05) is 37.5 Å². The topological polar surface area (TPSA) is 62.2 Å². The van der Waals surface area contributed by atoms with Crippen LogP contribution in [-0.2, 0) is 0 Å². The molecule has 3 rings (SSSR count). The Labute approximate surface area is 161 Å². The Morgan fingerprint density at radius 2 is 1.89 bits per heavy atom. The molecular formula is C21H31N5O. The van der Waals surface area contributed by atoms with Gasteiger partial charge in [-0.25, -0.2) is 9.48 Å². The Kier molecular flexibility index (Phi) is 6.50. The van der Waals surface area contributed by atoms with E-state index in [1.165, 1.54) is 32.1 Å². The summed E-state index contributed by atoms with van der Waals surface area (Å²) < 4.78 is 1.86. The Hall–Kier alpha value is -2.34. The average molecular weight is 370 g/mol. The standard InChI is InChI=1S/C21H31N5O/c1-16-20(17(2)26(24-16)19-12-8-5-9-13-19)23-21(27)22-14-15-25(3)18-10-6-4-7-11-18/h5,8-9,12-13,18H,4,6-7,10-11,14-15H2,1-3H3,(H2,22,23,27). The van der Waals surface area contributed by atoms with Gasteiger partial charge in [0.2, 0.25) is 0 Å². The lowest BCUT2D eigenvalue weighted by Gasteiger charge is -2.31. The van der Waals surface area contributed by atoms with Gasteiger partial charge in [0.05, 0.1) is 22.8 Å². The van der Waals surface area contributed by atoms with Crippen LogP contribution in [0.25, 0.3) is 5.69 Å². The molecule has 1 fully saturated rings. The SMILES string of the molecule is Cc1nn(-c2ccccc2)c(C)c1NC(=O)NCCN(C)C1CCCCC1. The third-order valence-corrected chi connectivity index (χ3v) is 5.48. The molecule has 1 aromatic carbocycles. The van der Waals surface area contributed by atoms with Gasteiger partial charge < -0.3 is 15.5 Å². The largest absolute Gasteiger partial charge is 0.337 e. The number of rotatable bonds is 6. The number of nitrogens with zero attached hydrogens (tertiary/aromatic N) is 3. The van der Waals surface area contributed by atoms with E-state index >= 15 is 0 Å². The zero-order valence-electron chi connectivity index (χ0n) is 16.7. The van der Waals surface area contributed by atoms with Gasteiger partial charge in [0.15, 0.2) is 0 Å². The summed E-state index contributed by atoms with van der Waals surface area (Å²) in [6, 6.07) is 10.4. The van der Waals surface area contributed by atoms with E-state index in [2.05, 4.69) is 27.7 Å². The van der Waals surface area contributed by atoms with Crippen molar-refractivity contribution in [2.24, 2.45) is 0 Å². The summed E-state index contributed by atoms with van der Waals surface area (Å²) in [5, 5.41) is 10.5. The highest BCUT2D eigenvalue weighted by molar-refractivity contribution is 5.90. The van der Waals surface area contributed by atoms with Gasteiger partial charge in [0.25, 0.3) is 0 Å². The summed E-state index contributed by atoms with van der Waals surface area (Å²) in [6.07, 6.45) is 6.57. The summed E-state index contributed by atoms with van der Waals surface area (Å²) in [5.41, 5.74) is 3.50. The number of hydrogen-bond acceptors (Lipinski definition) is 3. The number of amides is 2. The maximum absolute atomic E-state index is 12.3. The van der Waals surface area contributed by atoms with Crippen LogP contribution >= 0.6 is 0 Å². The molecule has 1 heterocycles. The number of hydrogen-bond donors (Lipinski definition) is 2. The number of urea groups is 1. The molecule has 146 valence electrons. The van der Waals surface area contributed by atoms with Crippen LogP contribution in [-0.4, -0.2) is 46.9 Å². The quantitative estimate of drug-likeness (QED) is 0.812. The molecule has 0 aliphatic heterocycles. The number of benzene rings is 1. The Morgan fingerprint density at radius 1 is 1.19 bits per heavy atom. The van der Waals surface area contributed by atoms with Gasteiger partial charge in [0, 0.05) is 19.1 Å². The number of aromatic nitrogens is 2. The van der Waals surface area contributed by atoms with Gasteiger partial charge in [-0.2, -0.15) is 5.10 Å². The molecule has 1 aromatic heterocycles. The molecule has 1 aliphatic rings. The summed E-state index contributed by atoms with van der Waals surface area (Å²) >= 11 is 0. The minimum atomic E-state index is -0.175. The highest BCUT2D eigenvalue weighted by atomic mass is 16.2. The lowest BCUT2D eigenvalue weighted by atomic mass is 9.94. The fraction of sp³-hybridized carbons (Fsp3) is 0.524. The van der Waals surface area contributed by atoms with Gasteiger partial charge in [-0.15, -0.1) is 0 Å². The van der Waals surface area contributed by atoms with E-state index < -0.39 is 0 Å². The number of carbonyl (C=O) groups is 1. The molecule has 1 aliphatic carbocycles. The van der Waals surface area contributed by atoms with Crippen molar-refractivity contribution >= 4 is 11.7 Å². The zero-order chi connectivity index (χ0) is 19.2. The van der Waals surface area contributed by atoms with Crippen molar-refractivity contribution in [3.8, 4) is 5.69 Å². The molecule has 0 spiro atoms. The van der Waals surface area contributed by atoms with Crippen LogP contribution in [0.1, 0.15) is 43.5 Å². The Balaban J connectivity index is 1.53. The van der Waals surface area contributed by atoms with E-state index in [0.29, 0.717) is 12.6 Å². The van der Waals surface area contributed by atoms with Crippen LogP contribution in [0.2, 0.25) is 0 Å². The predicted molar refractivity (Wildman–Crippen MR) is 110 cm³/mol. The molecule has 6 nitrogen and oxygen atoms in total. The van der Waals surface area contributed by atoms with Gasteiger partial charge >= 0.3 is 6.03 Å². The number of nitrogens with one attached hydrogen (secondary N) is 2. The molecule has 2 amide bonds. The normalized spacial score (nSPS) is 15.1. The first kappa shape index (κ1) is 19.4. The first-order valence-electron chi connectivity index (χ1n) is 9.93. The van der Waals surface area contributed by atoms with E-state index in [1.54, 1.807) is 0 Å². The van der Waals surface area contributed by atoms with Crippen LogP contribution in [0.15, 0.2) is 30.3 Å². The molecule has 1 saturated carbocycles. The number of carbonyl (C=O) groups excluding carboxylic acids is 1. The third-order valence-electron chi connectivity index (χ3n) is 5.48. The van der Waals surface area contributed by atoms with E-state index in [1.807, 2.05) is 48.9 Å². The van der Waals surface area contributed by atoms with Crippen LogP contribution in [0.5, 0.6) is 0 Å². The van der Waals surface area contributed by atoms with E-state index in [-0.39, 0.29) is 6.03 Å². The zero-order valence-corrected chi connectivity index (χ0v) is 16.7. The maximum atomic E-state index is 12.3. The summed E-state index contributed by atoms with van der Waals surface area (Å²) in [7, 11) is 2.16. The smallest absolute Gasteiger partial charge is 0.319 e. The lowest BCUT2D eigenvalue weighted by molar-refractivity contribution is 0.192. The lowest BCUT2D eigenvalue weighted by Crippen LogP contribution is -2.40. The van der Waals surface area contributed by atoms with Crippen molar-refractivity contribution < 1.29 is 4.79 Å². The number of anilines is 1. The van der Waals surface area contributed by atoms with Crippen LogP contribution < -0.4 is 10.6 Å². The maximum Gasteiger partial charge on any atom is 0.319 e. The van der Waals surface area contributed by atoms with Crippen molar-refractivity contribution in [2.75, 3.05) is 25.5 Å². The number of para-hydroxylation sites is 1. The predicted octanol–water partition coefficient (Wildman–Crippen LogP) is 3.88. The molecule has 0 atom stereocenters. The van der Waals surface area contributed by atoms with Gasteiger partial charge in [0.1, 0.15) is 0 Å². The van der Waals surface area contributed by atoms with Crippen molar-refractivity contribution in [1.29, 1.82) is 0 Å². The minimum absolute atomic E-state index is 0.175. The monoisotopic (exact) mass is 369 g/mol. The molecule has 0 bridgehead atoms. The Bertz CT molecular complexity index is 749. The van der Waals surface area contributed by atoms with E-state index in [4.69, 9.17) is 0 Å². The second-order valence-electron chi connectivity index (χ2n) is 7.45. The molecule has 6 heteroatoms. The second-order valence-corrected chi connectivity index (χ2v) is 7.45. The van der Waals surface area contributed by atoms with E-state index in [0.717, 1.165) is 29.3 Å². The fourth-order valence-corrected chi connectivity index (χ4v) is 3.85. The Morgan fingerprint density at radius 3 is 2.59 bits per heavy atom. The number of aryl methyl sites for hydroxylation is 1. The minimum Gasteiger partial charge on any atom is -0.337 e. The first-order valence-corrected chi connectivity index (χ1v) is 9.93. The summed E-state index contributed by atoms with van der Waals surface area (Å²) in [5.74, 6) is 0. The van der Waals surface area contributed by atoms with Crippen molar-refractivity contribution in [3.63, 3.8) is 0 Å². The average Bonchev–Trinajstić information content (AvgIpc) is 2.97. The van der Waals surface area contributed by atoms with Crippen LogP contribution in [0.3, 0.4) is 0 Å². The molecule has 27 heavy (non-hydrogen) atoms. The van der Waals surface area contributed by atoms with E-state index in [9.17, 15) is 4.79 Å². The van der Waals surface area contributed by atoms with Crippen LogP contribution in [0, 0.1) is 13.8 Å². The third kappa shape index (κ3) is 4.89. The summed E-state index contributed by atoms with van der Waals surface area (Å²) in [4.78, 5) is 14.7. The van der Waals surface area contributed by atoms with Crippen molar-refractivity contribution in [1.82, 2.24) is 20.0 Å². The van der Waals surface area contributed by atoms with Gasteiger partial charge in [-0.05, 0) is 45.9 Å². The molecule has 0 unspecified atom stereocenters. The fourth-order valence-electron chi connectivity index (χ4n) is 3.85. The van der Waals surface area contributed by atoms with Gasteiger partial charge in [-0.3, -0.25) is 0 Å². The molecule has 0 radical (unpaired) electrons. The summed E-state index contributed by atoms with van der Waals surface area (Å²) in [6.45, 7) is 5.40. The molecule has 2 aromatic rings. The first-order chi connectivity index (χ1) is 13.1. The molecule has 2 N–H and O–H groups in total. The highest BCUT2D eigenvalue weighted by Crippen LogP contribution is 2.23. The van der Waals surface area contributed by atoms with Crippen LogP contribution in [0.4, 0.5) is 10.5 Å². The van der Waals surface area contributed by atoms with Crippen molar-refractivity contribution in [2.45, 2.75) is 52.0 Å². The second kappa shape index (κ2) is 9.04. The molecular weight excluding hydrogens is 338 g/mol. The number of likely N-dealkylation sites (N-methyl/N-ethyl adjacent to an activating group) is 1. The van der Waals surface area contributed by atoms with Crippen molar-refractivity contribution in [3.05, 3.63) is 41.7 Å². The highest BCUT2D eigenvalue weighted by Gasteiger charge is 2.18. The molecule has 0 saturated heterocycles.